The molecule has 0 radical (unpaired) electrons. The van der Waals surface area contributed by atoms with Crippen LogP contribution in [-0.2, 0) is 20.9 Å². The number of hydrazine groups is 1. The van der Waals surface area contributed by atoms with Crippen LogP contribution in [0.1, 0.15) is 56.0 Å². The Morgan fingerprint density at radius 2 is 1.47 bits per heavy atom. The van der Waals surface area contributed by atoms with Crippen LogP contribution < -0.4 is 21.5 Å². The minimum absolute atomic E-state index is 0.0472. The molecule has 4 amide bonds. The lowest BCUT2D eigenvalue weighted by Gasteiger charge is -2.20. The molecule has 0 aliphatic rings. The van der Waals surface area contributed by atoms with Gasteiger partial charge in [-0.15, -0.1) is 0 Å². The Morgan fingerprint density at radius 3 is 2.11 bits per heavy atom. The van der Waals surface area contributed by atoms with E-state index in [-0.39, 0.29) is 13.0 Å². The number of rotatable bonds is 10. The highest BCUT2D eigenvalue weighted by atomic mass is 16.6. The molecule has 0 bridgehead atoms. The van der Waals surface area contributed by atoms with Gasteiger partial charge in [0.25, 0.3) is 11.8 Å². The molecule has 0 aliphatic carbocycles. The largest absolute Gasteiger partial charge is 0.445 e. The Bertz CT molecular complexity index is 992. The van der Waals surface area contributed by atoms with E-state index in [1.54, 1.807) is 51.1 Å². The van der Waals surface area contributed by atoms with Crippen LogP contribution in [0, 0.1) is 0 Å². The molecule has 0 saturated carbocycles. The highest BCUT2D eigenvalue weighted by Gasteiger charge is 2.22. The van der Waals surface area contributed by atoms with Crippen molar-refractivity contribution in [2.75, 3.05) is 6.54 Å². The number of hydrogen-bond acceptors (Lipinski definition) is 6. The van der Waals surface area contributed by atoms with E-state index in [0.29, 0.717) is 24.9 Å². The van der Waals surface area contributed by atoms with E-state index in [2.05, 4.69) is 21.5 Å². The smallest absolute Gasteiger partial charge is 0.408 e. The summed E-state index contributed by atoms with van der Waals surface area (Å²) in [4.78, 5) is 49.0. The van der Waals surface area contributed by atoms with E-state index in [1.165, 1.54) is 0 Å². The molecule has 0 aliphatic heterocycles. The SMILES string of the molecule is CC(C)(C)OC(=O)NCCCCC(NC(=O)OCc1ccccc1)C(=O)NNC(=O)c1ccccc1. The summed E-state index contributed by atoms with van der Waals surface area (Å²) in [6, 6.07) is 16.6. The van der Waals surface area contributed by atoms with E-state index in [9.17, 15) is 19.2 Å². The van der Waals surface area contributed by atoms with Gasteiger partial charge < -0.3 is 20.1 Å². The summed E-state index contributed by atoms with van der Waals surface area (Å²) in [6.45, 7) is 5.71. The van der Waals surface area contributed by atoms with Gasteiger partial charge in [0.2, 0.25) is 0 Å². The van der Waals surface area contributed by atoms with Crippen LogP contribution in [0.25, 0.3) is 0 Å². The number of alkyl carbamates (subject to hydrolysis) is 2. The number of carbonyl (C=O) groups is 4. The molecule has 4 N–H and O–H groups in total. The van der Waals surface area contributed by atoms with Crippen molar-refractivity contribution >= 4 is 24.0 Å². The van der Waals surface area contributed by atoms with Gasteiger partial charge >= 0.3 is 12.2 Å². The molecule has 0 fully saturated rings. The molecular formula is C26H34N4O6. The summed E-state index contributed by atoms with van der Waals surface area (Å²) >= 11 is 0. The molecule has 2 aromatic carbocycles. The Hall–Kier alpha value is -4.08. The van der Waals surface area contributed by atoms with Crippen LogP contribution in [0.15, 0.2) is 60.7 Å². The van der Waals surface area contributed by atoms with Crippen LogP contribution in [0.4, 0.5) is 9.59 Å². The number of hydrogen-bond donors (Lipinski definition) is 4. The van der Waals surface area contributed by atoms with Crippen molar-refractivity contribution in [1.82, 2.24) is 21.5 Å². The van der Waals surface area contributed by atoms with Gasteiger partial charge in [-0.25, -0.2) is 9.59 Å². The fourth-order valence-corrected chi connectivity index (χ4v) is 3.02. The number of carbonyl (C=O) groups excluding carboxylic acids is 4. The summed E-state index contributed by atoms with van der Waals surface area (Å²) in [5, 5.41) is 5.19. The summed E-state index contributed by atoms with van der Waals surface area (Å²) in [5.74, 6) is -1.09. The molecule has 0 saturated heterocycles. The molecule has 36 heavy (non-hydrogen) atoms. The number of ether oxygens (including phenoxy) is 2. The number of unbranched alkanes of at least 4 members (excludes halogenated alkanes) is 1. The number of nitrogens with one attached hydrogen (secondary N) is 4. The fourth-order valence-electron chi connectivity index (χ4n) is 3.02. The number of benzene rings is 2. The van der Waals surface area contributed by atoms with Gasteiger partial charge in [0.1, 0.15) is 18.2 Å². The van der Waals surface area contributed by atoms with E-state index in [0.717, 1.165) is 5.56 Å². The first kappa shape index (κ1) is 28.2. The van der Waals surface area contributed by atoms with Crippen molar-refractivity contribution in [3.8, 4) is 0 Å². The third kappa shape index (κ3) is 11.4. The summed E-state index contributed by atoms with van der Waals surface area (Å²) in [5.41, 5.74) is 5.27. The molecule has 2 aromatic rings. The van der Waals surface area contributed by atoms with Crippen LogP contribution in [0.2, 0.25) is 0 Å². The highest BCUT2D eigenvalue weighted by molar-refractivity contribution is 5.96. The Kier molecular flexibility index (Phi) is 11.2. The maximum absolute atomic E-state index is 12.7. The normalized spacial score (nSPS) is 11.5. The molecule has 10 heteroatoms. The Morgan fingerprint density at radius 1 is 0.833 bits per heavy atom. The van der Waals surface area contributed by atoms with Gasteiger partial charge in [-0.1, -0.05) is 48.5 Å². The zero-order chi connectivity index (χ0) is 26.4. The quantitative estimate of drug-likeness (QED) is 0.293. The van der Waals surface area contributed by atoms with E-state index in [4.69, 9.17) is 9.47 Å². The van der Waals surface area contributed by atoms with Crippen molar-refractivity contribution in [3.63, 3.8) is 0 Å². The second-order valence-corrected chi connectivity index (χ2v) is 8.99. The van der Waals surface area contributed by atoms with E-state index >= 15 is 0 Å². The Balaban J connectivity index is 1.86. The minimum atomic E-state index is -0.967. The molecule has 0 aromatic heterocycles. The highest BCUT2D eigenvalue weighted by Crippen LogP contribution is 2.07. The maximum atomic E-state index is 12.7. The average Bonchev–Trinajstić information content (AvgIpc) is 2.85. The van der Waals surface area contributed by atoms with E-state index < -0.39 is 35.6 Å². The first-order valence-electron chi connectivity index (χ1n) is 11.7. The van der Waals surface area contributed by atoms with Crippen molar-refractivity contribution < 1.29 is 28.7 Å². The van der Waals surface area contributed by atoms with Crippen molar-refractivity contribution in [2.24, 2.45) is 0 Å². The van der Waals surface area contributed by atoms with Crippen LogP contribution >= 0.6 is 0 Å². The molecule has 0 heterocycles. The van der Waals surface area contributed by atoms with Crippen molar-refractivity contribution in [1.29, 1.82) is 0 Å². The minimum Gasteiger partial charge on any atom is -0.445 e. The summed E-state index contributed by atoms with van der Waals surface area (Å²) in [7, 11) is 0. The van der Waals surface area contributed by atoms with Crippen LogP contribution in [0.5, 0.6) is 0 Å². The van der Waals surface area contributed by atoms with Gasteiger partial charge in [-0.3, -0.25) is 20.4 Å². The number of amides is 4. The zero-order valence-corrected chi connectivity index (χ0v) is 20.8. The summed E-state index contributed by atoms with van der Waals surface area (Å²) < 4.78 is 10.4. The van der Waals surface area contributed by atoms with Crippen molar-refractivity contribution in [3.05, 3.63) is 71.8 Å². The lowest BCUT2D eigenvalue weighted by Crippen LogP contribution is -2.52. The molecule has 1 atom stereocenters. The van der Waals surface area contributed by atoms with E-state index in [1.807, 2.05) is 30.3 Å². The van der Waals surface area contributed by atoms with Gasteiger partial charge in [0.05, 0.1) is 0 Å². The lowest BCUT2D eigenvalue weighted by atomic mass is 10.1. The first-order chi connectivity index (χ1) is 17.1. The molecule has 0 spiro atoms. The topological polar surface area (TPSA) is 135 Å². The maximum Gasteiger partial charge on any atom is 0.408 e. The first-order valence-corrected chi connectivity index (χ1v) is 11.7. The van der Waals surface area contributed by atoms with Gasteiger partial charge in [0.15, 0.2) is 0 Å². The third-order valence-corrected chi connectivity index (χ3v) is 4.74. The zero-order valence-electron chi connectivity index (χ0n) is 20.8. The third-order valence-electron chi connectivity index (χ3n) is 4.74. The molecule has 10 nitrogen and oxygen atoms in total. The molecular weight excluding hydrogens is 464 g/mol. The second kappa shape index (κ2) is 14.3. The predicted octanol–water partition coefficient (Wildman–Crippen LogP) is 3.44. The van der Waals surface area contributed by atoms with Gasteiger partial charge in [-0.05, 0) is 57.7 Å². The molecule has 194 valence electrons. The average molecular weight is 499 g/mol. The van der Waals surface area contributed by atoms with Crippen LogP contribution in [0.3, 0.4) is 0 Å². The van der Waals surface area contributed by atoms with Gasteiger partial charge in [0, 0.05) is 12.1 Å². The predicted molar refractivity (Wildman–Crippen MR) is 134 cm³/mol. The lowest BCUT2D eigenvalue weighted by molar-refractivity contribution is -0.124. The van der Waals surface area contributed by atoms with Crippen molar-refractivity contribution in [2.45, 2.75) is 58.3 Å². The molecule has 1 unspecified atom stereocenters. The monoisotopic (exact) mass is 498 g/mol. The molecule has 2 rings (SSSR count). The van der Waals surface area contributed by atoms with Crippen LogP contribution in [-0.4, -0.2) is 42.2 Å². The summed E-state index contributed by atoms with van der Waals surface area (Å²) in [6.07, 6.45) is 0.00613. The van der Waals surface area contributed by atoms with Gasteiger partial charge in [-0.2, -0.15) is 0 Å². The standard InChI is InChI=1S/C26H34N4O6/c1-26(2,3)36-24(33)27-17-11-10-16-21(28-25(34)35-18-19-12-6-4-7-13-19)23(32)30-29-22(31)20-14-8-5-9-15-20/h4-9,12-15,21H,10-11,16-18H2,1-3H3,(H,27,33)(H,28,34)(H,29,31)(H,30,32). The Labute approximate surface area is 211 Å². The fraction of sp³-hybridized carbons (Fsp3) is 0.385. The second-order valence-electron chi connectivity index (χ2n) is 8.99.